The molecular formula is C34H40O12. The number of aliphatic hydroxyl groups excluding tert-OH is 3. The van der Waals surface area contributed by atoms with Crippen molar-refractivity contribution < 1.29 is 58.1 Å². The molecule has 0 heterocycles. The van der Waals surface area contributed by atoms with Gasteiger partial charge in [0.15, 0.2) is 18.3 Å². The molecule has 3 aromatic rings. The van der Waals surface area contributed by atoms with E-state index in [0.29, 0.717) is 17.2 Å². The van der Waals surface area contributed by atoms with Crippen LogP contribution in [0.3, 0.4) is 0 Å². The van der Waals surface area contributed by atoms with Crippen molar-refractivity contribution >= 4 is 17.9 Å². The first-order valence-electron chi connectivity index (χ1n) is 14.6. The van der Waals surface area contributed by atoms with Crippen molar-refractivity contribution in [3.05, 3.63) is 89.5 Å². The number of ether oxygens (including phenoxy) is 6. The fraction of sp³-hybridized carbons (Fsp3) is 0.382. The fourth-order valence-electron chi connectivity index (χ4n) is 4.49. The van der Waals surface area contributed by atoms with Crippen molar-refractivity contribution in [2.75, 3.05) is 39.6 Å². The van der Waals surface area contributed by atoms with Gasteiger partial charge in [0.25, 0.3) is 0 Å². The first-order valence-corrected chi connectivity index (χ1v) is 14.6. The van der Waals surface area contributed by atoms with Crippen LogP contribution in [0.5, 0.6) is 17.2 Å². The molecule has 0 bridgehead atoms. The summed E-state index contributed by atoms with van der Waals surface area (Å²) in [6.45, 7) is 2.66. The molecule has 3 unspecified atom stereocenters. The van der Waals surface area contributed by atoms with Crippen LogP contribution in [0.2, 0.25) is 0 Å². The number of aliphatic hydroxyl groups is 3. The third-order valence-corrected chi connectivity index (χ3v) is 6.56. The highest BCUT2D eigenvalue weighted by atomic mass is 16.6. The van der Waals surface area contributed by atoms with Crippen LogP contribution in [0.1, 0.15) is 43.4 Å². The number of esters is 3. The number of hydrogen-bond acceptors (Lipinski definition) is 12. The third kappa shape index (κ3) is 11.7. The first kappa shape index (κ1) is 35.8. The summed E-state index contributed by atoms with van der Waals surface area (Å²) in [6, 6.07) is 22.2. The maximum atomic E-state index is 11.2. The van der Waals surface area contributed by atoms with Gasteiger partial charge in [-0.15, -0.1) is 0 Å². The van der Waals surface area contributed by atoms with Crippen molar-refractivity contribution in [1.29, 1.82) is 0 Å². The highest BCUT2D eigenvalue weighted by molar-refractivity contribution is 5.66. The highest BCUT2D eigenvalue weighted by Gasteiger charge is 2.19. The summed E-state index contributed by atoms with van der Waals surface area (Å²) in [5.41, 5.74) is 2.79. The maximum Gasteiger partial charge on any atom is 0.303 e. The van der Waals surface area contributed by atoms with Gasteiger partial charge in [0.2, 0.25) is 0 Å². The minimum Gasteiger partial charge on any atom is -0.490 e. The number of rotatable bonds is 18. The topological polar surface area (TPSA) is 167 Å². The Kier molecular flexibility index (Phi) is 14.3. The largest absolute Gasteiger partial charge is 0.490 e. The normalized spacial score (nSPS) is 13.4. The molecule has 0 amide bonds. The average Bonchev–Trinajstić information content (AvgIpc) is 3.04. The Morgan fingerprint density at radius 3 is 0.913 bits per heavy atom. The number of benzene rings is 3. The van der Waals surface area contributed by atoms with E-state index in [9.17, 15) is 29.7 Å². The summed E-state index contributed by atoms with van der Waals surface area (Å²) >= 11 is 0. The molecule has 0 saturated heterocycles. The molecule has 12 heteroatoms. The minimum absolute atomic E-state index is 0.00896. The van der Waals surface area contributed by atoms with Crippen molar-refractivity contribution in [3.63, 3.8) is 0 Å². The summed E-state index contributed by atoms with van der Waals surface area (Å²) in [6.07, 6.45) is -2.35. The Labute approximate surface area is 267 Å². The lowest BCUT2D eigenvalue weighted by molar-refractivity contribution is -0.150. The summed E-state index contributed by atoms with van der Waals surface area (Å²) in [5.74, 6) is -0.188. The van der Waals surface area contributed by atoms with Crippen molar-refractivity contribution in [2.24, 2.45) is 0 Å². The van der Waals surface area contributed by atoms with E-state index in [1.807, 2.05) is 36.4 Å². The summed E-state index contributed by atoms with van der Waals surface area (Å²) < 4.78 is 32.3. The highest BCUT2D eigenvalue weighted by Crippen LogP contribution is 2.34. The van der Waals surface area contributed by atoms with Crippen LogP contribution >= 0.6 is 0 Å². The van der Waals surface area contributed by atoms with E-state index in [1.54, 1.807) is 36.4 Å². The zero-order valence-corrected chi connectivity index (χ0v) is 26.0. The number of carbonyl (C=O) groups is 3. The molecule has 3 aromatic carbocycles. The van der Waals surface area contributed by atoms with E-state index >= 15 is 0 Å². The van der Waals surface area contributed by atoms with Gasteiger partial charge in [0, 0.05) is 26.7 Å². The predicted molar refractivity (Wildman–Crippen MR) is 165 cm³/mol. The van der Waals surface area contributed by atoms with E-state index in [4.69, 9.17) is 28.4 Å². The molecule has 0 aromatic heterocycles. The van der Waals surface area contributed by atoms with Crippen LogP contribution in [-0.2, 0) is 28.6 Å². The van der Waals surface area contributed by atoms with Gasteiger partial charge in [0.1, 0.15) is 37.1 Å². The molecule has 0 aliphatic rings. The van der Waals surface area contributed by atoms with Crippen molar-refractivity contribution in [2.45, 2.75) is 45.0 Å². The second-order valence-electron chi connectivity index (χ2n) is 10.3. The van der Waals surface area contributed by atoms with Gasteiger partial charge in [-0.2, -0.15) is 0 Å². The van der Waals surface area contributed by atoms with Crippen LogP contribution < -0.4 is 14.2 Å². The zero-order chi connectivity index (χ0) is 33.5. The molecule has 0 spiro atoms. The molecule has 3 atom stereocenters. The molecule has 3 rings (SSSR count). The molecule has 12 nitrogen and oxygen atoms in total. The zero-order valence-electron chi connectivity index (χ0n) is 26.0. The van der Waals surface area contributed by atoms with E-state index in [-0.39, 0.29) is 45.6 Å². The van der Waals surface area contributed by atoms with Gasteiger partial charge < -0.3 is 43.7 Å². The lowest BCUT2D eigenvalue weighted by atomic mass is 9.85. The summed E-state index contributed by atoms with van der Waals surface area (Å²) in [7, 11) is 0. The molecule has 0 fully saturated rings. The molecule has 3 N–H and O–H groups in total. The monoisotopic (exact) mass is 640 g/mol. The van der Waals surface area contributed by atoms with E-state index in [2.05, 4.69) is 0 Å². The van der Waals surface area contributed by atoms with Crippen LogP contribution in [0.4, 0.5) is 0 Å². The van der Waals surface area contributed by atoms with E-state index in [0.717, 1.165) is 16.7 Å². The number of carbonyl (C=O) groups excluding carboxylic acids is 3. The standard InChI is InChI=1S/C34H40O12/c1-22(38)44-31(16-35)19-41-28-10-4-25(5-11-28)34(26-6-12-29(13-7-26)42-20-32(17-36)45-23(2)39)27-8-14-30(15-9-27)43-21-33(18-37)46-24(3)40/h4-15,31-37H,16-21H2,1-3H3. The van der Waals surface area contributed by atoms with Gasteiger partial charge >= 0.3 is 17.9 Å². The van der Waals surface area contributed by atoms with Gasteiger partial charge in [-0.05, 0) is 53.1 Å². The Hall–Kier alpha value is -4.65. The van der Waals surface area contributed by atoms with Gasteiger partial charge in [-0.1, -0.05) is 36.4 Å². The summed E-state index contributed by atoms with van der Waals surface area (Å²) in [5, 5.41) is 28.3. The van der Waals surface area contributed by atoms with Gasteiger partial charge in [-0.3, -0.25) is 14.4 Å². The van der Waals surface area contributed by atoms with Crippen LogP contribution in [-0.4, -0.2) is 91.2 Å². The fourth-order valence-corrected chi connectivity index (χ4v) is 4.49. The predicted octanol–water partition coefficient (Wildman–Crippen LogP) is 2.78. The Morgan fingerprint density at radius 2 is 0.717 bits per heavy atom. The minimum atomic E-state index is -0.783. The van der Waals surface area contributed by atoms with Crippen molar-refractivity contribution in [3.8, 4) is 17.2 Å². The van der Waals surface area contributed by atoms with Gasteiger partial charge in [-0.25, -0.2) is 0 Å². The quantitative estimate of drug-likeness (QED) is 0.106. The molecular weight excluding hydrogens is 600 g/mol. The molecule has 248 valence electrons. The Bertz CT molecular complexity index is 1200. The molecule has 0 radical (unpaired) electrons. The lowest BCUT2D eigenvalue weighted by Crippen LogP contribution is -2.27. The molecule has 0 aliphatic carbocycles. The second-order valence-corrected chi connectivity index (χ2v) is 10.3. The first-order chi connectivity index (χ1) is 22.1. The Balaban J connectivity index is 1.82. The maximum absolute atomic E-state index is 11.2. The lowest BCUT2D eigenvalue weighted by Gasteiger charge is -2.21. The average molecular weight is 641 g/mol. The van der Waals surface area contributed by atoms with Crippen LogP contribution in [0.25, 0.3) is 0 Å². The summed E-state index contributed by atoms with van der Waals surface area (Å²) in [4.78, 5) is 33.7. The van der Waals surface area contributed by atoms with Crippen molar-refractivity contribution in [1.82, 2.24) is 0 Å². The van der Waals surface area contributed by atoms with E-state index < -0.39 is 36.2 Å². The Morgan fingerprint density at radius 1 is 0.478 bits per heavy atom. The smallest absolute Gasteiger partial charge is 0.303 e. The molecule has 46 heavy (non-hydrogen) atoms. The van der Waals surface area contributed by atoms with E-state index in [1.165, 1.54) is 20.8 Å². The van der Waals surface area contributed by atoms with Crippen LogP contribution in [0.15, 0.2) is 72.8 Å². The molecule has 0 saturated carbocycles. The third-order valence-electron chi connectivity index (χ3n) is 6.56. The van der Waals surface area contributed by atoms with Crippen LogP contribution in [0, 0.1) is 0 Å². The molecule has 0 aliphatic heterocycles. The SMILES string of the molecule is CC(=O)OC(CO)COc1ccc(C(c2ccc(OCC(CO)OC(C)=O)cc2)c2ccc(OCC(CO)OC(C)=O)cc2)cc1. The van der Waals surface area contributed by atoms with Gasteiger partial charge in [0.05, 0.1) is 19.8 Å². The second kappa shape index (κ2) is 18.4. The number of hydrogen-bond donors (Lipinski definition) is 3.